The summed E-state index contributed by atoms with van der Waals surface area (Å²) in [5, 5.41) is 8.24. The van der Waals surface area contributed by atoms with E-state index in [0.29, 0.717) is 15.7 Å². The van der Waals surface area contributed by atoms with Crippen molar-refractivity contribution in [2.75, 3.05) is 23.4 Å². The van der Waals surface area contributed by atoms with Crippen molar-refractivity contribution in [3.63, 3.8) is 0 Å². The van der Waals surface area contributed by atoms with Gasteiger partial charge in [-0.25, -0.2) is 4.98 Å². The third-order valence-corrected chi connectivity index (χ3v) is 4.09. The molecule has 0 atom stereocenters. The van der Waals surface area contributed by atoms with Gasteiger partial charge >= 0.3 is 0 Å². The molecule has 0 fully saturated rings. The van der Waals surface area contributed by atoms with Gasteiger partial charge in [-0.1, -0.05) is 23.5 Å². The molecule has 6 nitrogen and oxygen atoms in total. The summed E-state index contributed by atoms with van der Waals surface area (Å²) in [7, 11) is 1.73. The molecule has 3 aromatic rings. The monoisotopic (exact) mass is 299 g/mol. The fourth-order valence-corrected chi connectivity index (χ4v) is 2.74. The quantitative estimate of drug-likeness (QED) is 0.691. The van der Waals surface area contributed by atoms with Gasteiger partial charge in [0.15, 0.2) is 5.13 Å². The number of nitrogen functional groups attached to an aromatic ring is 1. The highest BCUT2D eigenvalue weighted by atomic mass is 32.1. The topological polar surface area (TPSA) is 92.9 Å². The highest BCUT2D eigenvalue weighted by molar-refractivity contribution is 7.18. The van der Waals surface area contributed by atoms with Crippen LogP contribution < -0.4 is 16.4 Å². The van der Waals surface area contributed by atoms with Gasteiger partial charge in [-0.15, -0.1) is 0 Å². The van der Waals surface area contributed by atoms with E-state index in [1.807, 2.05) is 24.3 Å². The lowest BCUT2D eigenvalue weighted by Gasteiger charge is -2.07. The second kappa shape index (κ2) is 5.37. The molecule has 1 aromatic carbocycles. The largest absolute Gasteiger partial charge is 0.382 e. The Morgan fingerprint density at radius 1 is 1.33 bits per heavy atom. The van der Waals surface area contributed by atoms with Crippen LogP contribution in [0, 0.1) is 0 Å². The molecule has 0 aliphatic rings. The van der Waals surface area contributed by atoms with Crippen LogP contribution in [0.5, 0.6) is 0 Å². The molecule has 0 spiro atoms. The number of carbonyl (C=O) groups excluding carboxylic acids is 1. The van der Waals surface area contributed by atoms with Crippen molar-refractivity contribution in [1.29, 1.82) is 0 Å². The fourth-order valence-electron chi connectivity index (χ4n) is 2.00. The molecule has 21 heavy (non-hydrogen) atoms. The maximum absolute atomic E-state index is 12.3. The summed E-state index contributed by atoms with van der Waals surface area (Å²) in [6, 6.07) is 7.57. The van der Waals surface area contributed by atoms with E-state index in [9.17, 15) is 4.79 Å². The Kier molecular flexibility index (Phi) is 3.41. The molecule has 2 heterocycles. The lowest BCUT2D eigenvalue weighted by molar-refractivity contribution is 0.103. The molecule has 3 rings (SSSR count). The molecule has 0 aliphatic heterocycles. The molecule has 2 aromatic heterocycles. The minimum Gasteiger partial charge on any atom is -0.382 e. The minimum atomic E-state index is -0.275. The van der Waals surface area contributed by atoms with Crippen LogP contribution in [0.4, 0.5) is 16.6 Å². The van der Waals surface area contributed by atoms with Gasteiger partial charge in [-0.05, 0) is 17.5 Å². The van der Waals surface area contributed by atoms with Gasteiger partial charge in [0.1, 0.15) is 10.7 Å². The van der Waals surface area contributed by atoms with Gasteiger partial charge in [0.25, 0.3) is 5.91 Å². The number of nitrogens with zero attached hydrogens (tertiary/aromatic N) is 2. The van der Waals surface area contributed by atoms with Crippen molar-refractivity contribution in [3.8, 4) is 0 Å². The zero-order chi connectivity index (χ0) is 14.8. The van der Waals surface area contributed by atoms with Crippen molar-refractivity contribution >= 4 is 44.7 Å². The van der Waals surface area contributed by atoms with Crippen LogP contribution in [0.25, 0.3) is 10.8 Å². The number of hydrogen-bond acceptors (Lipinski definition) is 6. The van der Waals surface area contributed by atoms with Crippen LogP contribution in [0.15, 0.2) is 36.7 Å². The molecule has 1 amide bonds. The highest BCUT2D eigenvalue weighted by Gasteiger charge is 2.16. The van der Waals surface area contributed by atoms with Crippen LogP contribution in [-0.4, -0.2) is 22.9 Å². The Morgan fingerprint density at radius 2 is 2.19 bits per heavy atom. The summed E-state index contributed by atoms with van der Waals surface area (Å²) >= 11 is 1.22. The number of anilines is 3. The molecule has 4 N–H and O–H groups in total. The highest BCUT2D eigenvalue weighted by Crippen LogP contribution is 2.27. The molecule has 0 radical (unpaired) electrons. The van der Waals surface area contributed by atoms with E-state index in [-0.39, 0.29) is 11.7 Å². The smallest absolute Gasteiger partial charge is 0.269 e. The molecule has 0 saturated heterocycles. The van der Waals surface area contributed by atoms with E-state index in [2.05, 4.69) is 20.6 Å². The molecule has 0 aliphatic carbocycles. The molecule has 7 heteroatoms. The lowest BCUT2D eigenvalue weighted by atomic mass is 10.1. The normalized spacial score (nSPS) is 10.5. The number of nitrogens with one attached hydrogen (secondary N) is 2. The van der Waals surface area contributed by atoms with E-state index < -0.39 is 0 Å². The summed E-state index contributed by atoms with van der Waals surface area (Å²) in [4.78, 5) is 20.9. The van der Waals surface area contributed by atoms with E-state index in [1.54, 1.807) is 19.4 Å². The standard InChI is InChI=1S/C14H13N5OS/c1-16-14-19-12(15)11(21-14)13(20)18-10-4-2-3-8-5-6-17-7-9(8)10/h2-7H,15H2,1H3,(H,16,19)(H,18,20). The number of carbonyl (C=O) groups is 1. The molecule has 0 saturated carbocycles. The minimum absolute atomic E-state index is 0.222. The van der Waals surface area contributed by atoms with E-state index in [0.717, 1.165) is 10.8 Å². The number of fused-ring (bicyclic) bond motifs is 1. The predicted octanol–water partition coefficient (Wildman–Crippen LogP) is 2.57. The summed E-state index contributed by atoms with van der Waals surface area (Å²) < 4.78 is 0. The third-order valence-electron chi connectivity index (χ3n) is 3.01. The number of nitrogens with two attached hydrogens (primary N) is 1. The average Bonchev–Trinajstić information content (AvgIpc) is 2.89. The van der Waals surface area contributed by atoms with Gasteiger partial charge in [0.2, 0.25) is 0 Å². The summed E-state index contributed by atoms with van der Waals surface area (Å²) in [6.45, 7) is 0. The van der Waals surface area contributed by atoms with Gasteiger partial charge in [-0.3, -0.25) is 9.78 Å². The molecular weight excluding hydrogens is 286 g/mol. The van der Waals surface area contributed by atoms with Crippen LogP contribution in [0.2, 0.25) is 0 Å². The van der Waals surface area contributed by atoms with Gasteiger partial charge < -0.3 is 16.4 Å². The van der Waals surface area contributed by atoms with Crippen molar-refractivity contribution in [3.05, 3.63) is 41.5 Å². The molecular formula is C14H13N5OS. The van der Waals surface area contributed by atoms with Crippen LogP contribution >= 0.6 is 11.3 Å². The first-order chi connectivity index (χ1) is 10.2. The van der Waals surface area contributed by atoms with Gasteiger partial charge in [0, 0.05) is 24.8 Å². The number of aromatic nitrogens is 2. The Morgan fingerprint density at radius 3 is 2.95 bits per heavy atom. The van der Waals surface area contributed by atoms with Gasteiger partial charge in [0.05, 0.1) is 5.69 Å². The Balaban J connectivity index is 1.94. The second-order valence-electron chi connectivity index (χ2n) is 4.34. The fraction of sp³-hybridized carbons (Fsp3) is 0.0714. The number of amides is 1. The molecule has 106 valence electrons. The maximum atomic E-state index is 12.3. The zero-order valence-electron chi connectivity index (χ0n) is 11.3. The zero-order valence-corrected chi connectivity index (χ0v) is 12.1. The van der Waals surface area contributed by atoms with Crippen molar-refractivity contribution in [2.45, 2.75) is 0 Å². The third kappa shape index (κ3) is 2.50. The van der Waals surface area contributed by atoms with Gasteiger partial charge in [-0.2, -0.15) is 0 Å². The summed E-state index contributed by atoms with van der Waals surface area (Å²) in [5.74, 6) is -0.0527. The van der Waals surface area contributed by atoms with Crippen molar-refractivity contribution < 1.29 is 4.79 Å². The Labute approximate surface area is 125 Å². The number of rotatable bonds is 3. The van der Waals surface area contributed by atoms with E-state index in [4.69, 9.17) is 5.73 Å². The number of benzene rings is 1. The van der Waals surface area contributed by atoms with Crippen LogP contribution in [0.1, 0.15) is 9.67 Å². The average molecular weight is 299 g/mol. The first-order valence-corrected chi connectivity index (χ1v) is 7.09. The predicted molar refractivity (Wildman–Crippen MR) is 85.8 cm³/mol. The first-order valence-electron chi connectivity index (χ1n) is 6.27. The summed E-state index contributed by atoms with van der Waals surface area (Å²) in [6.07, 6.45) is 3.44. The van der Waals surface area contributed by atoms with Crippen molar-refractivity contribution in [1.82, 2.24) is 9.97 Å². The Hall–Kier alpha value is -2.67. The lowest BCUT2D eigenvalue weighted by Crippen LogP contribution is -2.12. The Bertz CT molecular complexity index is 809. The number of thiazole rings is 1. The second-order valence-corrected chi connectivity index (χ2v) is 5.34. The summed E-state index contributed by atoms with van der Waals surface area (Å²) in [5.41, 5.74) is 6.47. The molecule has 0 bridgehead atoms. The van der Waals surface area contributed by atoms with Crippen LogP contribution in [-0.2, 0) is 0 Å². The first kappa shape index (κ1) is 13.3. The number of hydrogen-bond donors (Lipinski definition) is 3. The maximum Gasteiger partial charge on any atom is 0.269 e. The SMILES string of the molecule is CNc1nc(N)c(C(=O)Nc2cccc3ccncc23)s1. The van der Waals surface area contributed by atoms with E-state index in [1.165, 1.54) is 11.3 Å². The van der Waals surface area contributed by atoms with E-state index >= 15 is 0 Å². The van der Waals surface area contributed by atoms with Crippen LogP contribution in [0.3, 0.4) is 0 Å². The van der Waals surface area contributed by atoms with Crippen molar-refractivity contribution in [2.24, 2.45) is 0 Å². The number of pyridine rings is 1. The molecule has 0 unspecified atom stereocenters.